The highest BCUT2D eigenvalue weighted by molar-refractivity contribution is 4.98. The van der Waals surface area contributed by atoms with Gasteiger partial charge in [0, 0.05) is 17.6 Å². The van der Waals surface area contributed by atoms with Gasteiger partial charge >= 0.3 is 0 Å². The maximum absolute atomic E-state index is 6.47. The second kappa shape index (κ2) is 4.66. The summed E-state index contributed by atoms with van der Waals surface area (Å²) in [7, 11) is 2.25. The third-order valence-corrected chi connectivity index (χ3v) is 4.96. The third kappa shape index (κ3) is 2.60. The first-order valence-corrected chi connectivity index (χ1v) is 6.71. The van der Waals surface area contributed by atoms with Gasteiger partial charge in [0.2, 0.25) is 0 Å². The van der Waals surface area contributed by atoms with Gasteiger partial charge in [-0.25, -0.2) is 0 Å². The number of hydrogen-bond donors (Lipinski definition) is 1. The number of nitrogens with two attached hydrogens (primary N) is 1. The number of nitrogens with zero attached hydrogens (tertiary/aromatic N) is 1. The van der Waals surface area contributed by atoms with Crippen molar-refractivity contribution in [3.8, 4) is 0 Å². The van der Waals surface area contributed by atoms with E-state index >= 15 is 0 Å². The second-order valence-electron chi connectivity index (χ2n) is 6.75. The fraction of sp³-hybridized carbons (Fsp3) is 1.00. The van der Waals surface area contributed by atoms with Crippen LogP contribution < -0.4 is 5.73 Å². The molecule has 0 aliphatic heterocycles. The highest BCUT2D eigenvalue weighted by Crippen LogP contribution is 2.38. The summed E-state index contributed by atoms with van der Waals surface area (Å²) in [6, 6.07) is 0.843. The van der Waals surface area contributed by atoms with Crippen LogP contribution in [0.5, 0.6) is 0 Å². The molecule has 1 saturated carbocycles. The van der Waals surface area contributed by atoms with Gasteiger partial charge in [-0.05, 0) is 45.6 Å². The van der Waals surface area contributed by atoms with E-state index in [-0.39, 0.29) is 5.54 Å². The molecule has 0 aromatic heterocycles. The van der Waals surface area contributed by atoms with Crippen LogP contribution in [-0.2, 0) is 0 Å². The molecular formula is C14H30N2. The molecule has 16 heavy (non-hydrogen) atoms. The highest BCUT2D eigenvalue weighted by Gasteiger charge is 2.41. The lowest BCUT2D eigenvalue weighted by atomic mass is 9.70. The molecule has 2 unspecified atom stereocenters. The molecular weight excluding hydrogens is 196 g/mol. The summed E-state index contributed by atoms with van der Waals surface area (Å²) in [6.07, 6.45) is 5.01. The maximum Gasteiger partial charge on any atom is 0.0254 e. The maximum atomic E-state index is 6.47. The molecule has 2 heteroatoms. The van der Waals surface area contributed by atoms with Crippen molar-refractivity contribution in [1.82, 2.24) is 4.90 Å². The topological polar surface area (TPSA) is 29.3 Å². The molecule has 0 radical (unpaired) electrons. The Hall–Kier alpha value is -0.0800. The zero-order chi connectivity index (χ0) is 12.6. The summed E-state index contributed by atoms with van der Waals surface area (Å²) < 4.78 is 0. The summed E-state index contributed by atoms with van der Waals surface area (Å²) in [4.78, 5) is 2.51. The first-order valence-electron chi connectivity index (χ1n) is 6.71. The van der Waals surface area contributed by atoms with Crippen molar-refractivity contribution in [1.29, 1.82) is 0 Å². The lowest BCUT2D eigenvalue weighted by molar-refractivity contribution is 0.0221. The van der Waals surface area contributed by atoms with Crippen LogP contribution in [0.4, 0.5) is 0 Å². The van der Waals surface area contributed by atoms with Gasteiger partial charge in [-0.15, -0.1) is 0 Å². The Bertz CT molecular complexity index is 233. The van der Waals surface area contributed by atoms with E-state index in [1.54, 1.807) is 0 Å². The summed E-state index contributed by atoms with van der Waals surface area (Å²) in [6.45, 7) is 11.5. The van der Waals surface area contributed by atoms with E-state index in [0.717, 1.165) is 0 Å². The van der Waals surface area contributed by atoms with Gasteiger partial charge in [-0.1, -0.05) is 27.2 Å². The molecule has 2 atom stereocenters. The van der Waals surface area contributed by atoms with Gasteiger partial charge in [0.25, 0.3) is 0 Å². The molecule has 0 aromatic rings. The van der Waals surface area contributed by atoms with Crippen molar-refractivity contribution in [3.05, 3.63) is 0 Å². The third-order valence-electron chi connectivity index (χ3n) is 4.96. The summed E-state index contributed by atoms with van der Waals surface area (Å²) in [5.74, 6) is 0. The summed E-state index contributed by atoms with van der Waals surface area (Å²) in [5, 5.41) is 0. The lowest BCUT2D eigenvalue weighted by Gasteiger charge is -2.50. The SMILES string of the molecule is CCC(C)(C)N(C)C1CCCC(C)(C)C1N. The van der Waals surface area contributed by atoms with Crippen LogP contribution in [-0.4, -0.2) is 29.6 Å². The Kier molecular flexibility index (Phi) is 4.07. The number of likely N-dealkylation sites (N-methyl/N-ethyl adjacent to an activating group) is 1. The van der Waals surface area contributed by atoms with Gasteiger partial charge in [0.1, 0.15) is 0 Å². The van der Waals surface area contributed by atoms with E-state index < -0.39 is 0 Å². The smallest absolute Gasteiger partial charge is 0.0254 e. The van der Waals surface area contributed by atoms with Gasteiger partial charge in [0.15, 0.2) is 0 Å². The van der Waals surface area contributed by atoms with Crippen LogP contribution in [0, 0.1) is 5.41 Å². The zero-order valence-electron chi connectivity index (χ0n) is 12.0. The molecule has 0 aromatic carbocycles. The Labute approximate surface area is 102 Å². The van der Waals surface area contributed by atoms with Crippen LogP contribution in [0.3, 0.4) is 0 Å². The van der Waals surface area contributed by atoms with Crippen molar-refractivity contribution >= 4 is 0 Å². The largest absolute Gasteiger partial charge is 0.326 e. The van der Waals surface area contributed by atoms with E-state index in [1.165, 1.54) is 25.7 Å². The molecule has 0 heterocycles. The van der Waals surface area contributed by atoms with Crippen LogP contribution in [0.15, 0.2) is 0 Å². The predicted octanol–water partition coefficient (Wildman–Crippen LogP) is 3.01. The first-order chi connectivity index (χ1) is 7.22. The number of rotatable bonds is 3. The summed E-state index contributed by atoms with van der Waals surface area (Å²) >= 11 is 0. The van der Waals surface area contributed by atoms with Crippen molar-refractivity contribution in [2.24, 2.45) is 11.1 Å². The molecule has 1 aliphatic rings. The lowest BCUT2D eigenvalue weighted by Crippen LogP contribution is -2.60. The minimum Gasteiger partial charge on any atom is -0.326 e. The molecule has 2 N–H and O–H groups in total. The molecule has 1 fully saturated rings. The molecule has 0 spiro atoms. The molecule has 96 valence electrons. The van der Waals surface area contributed by atoms with Crippen LogP contribution in [0.25, 0.3) is 0 Å². The minimum absolute atomic E-state index is 0.260. The molecule has 2 nitrogen and oxygen atoms in total. The Morgan fingerprint density at radius 2 is 1.94 bits per heavy atom. The fourth-order valence-corrected chi connectivity index (χ4v) is 2.77. The van der Waals surface area contributed by atoms with Gasteiger partial charge in [-0.2, -0.15) is 0 Å². The van der Waals surface area contributed by atoms with Gasteiger partial charge < -0.3 is 5.73 Å². The van der Waals surface area contributed by atoms with E-state index in [1.807, 2.05) is 0 Å². The predicted molar refractivity (Wildman–Crippen MR) is 71.5 cm³/mol. The minimum atomic E-state index is 0.260. The average Bonchev–Trinajstić information content (AvgIpc) is 2.21. The normalized spacial score (nSPS) is 30.8. The first kappa shape index (κ1) is 14.0. The van der Waals surface area contributed by atoms with E-state index in [2.05, 4.69) is 46.6 Å². The molecule has 1 rings (SSSR count). The quantitative estimate of drug-likeness (QED) is 0.801. The standard InChI is InChI=1S/C14H30N2/c1-7-14(4,5)16(6)11-9-8-10-13(2,3)12(11)15/h11-12H,7-10,15H2,1-6H3. The monoisotopic (exact) mass is 226 g/mol. The second-order valence-corrected chi connectivity index (χ2v) is 6.75. The van der Waals surface area contributed by atoms with Crippen molar-refractivity contribution < 1.29 is 0 Å². The zero-order valence-corrected chi connectivity index (χ0v) is 12.0. The van der Waals surface area contributed by atoms with Crippen molar-refractivity contribution in [2.45, 2.75) is 77.9 Å². The Morgan fingerprint density at radius 3 is 2.44 bits per heavy atom. The molecule has 0 saturated heterocycles. The van der Waals surface area contributed by atoms with E-state index in [4.69, 9.17) is 5.73 Å². The number of hydrogen-bond acceptors (Lipinski definition) is 2. The van der Waals surface area contributed by atoms with Gasteiger partial charge in [-0.3, -0.25) is 4.90 Å². The Balaban J connectivity index is 2.80. The van der Waals surface area contributed by atoms with Crippen LogP contribution >= 0.6 is 0 Å². The fourth-order valence-electron chi connectivity index (χ4n) is 2.77. The van der Waals surface area contributed by atoms with E-state index in [9.17, 15) is 0 Å². The highest BCUT2D eigenvalue weighted by atomic mass is 15.2. The molecule has 0 bridgehead atoms. The van der Waals surface area contributed by atoms with Crippen LogP contribution in [0.1, 0.15) is 60.3 Å². The van der Waals surface area contributed by atoms with Gasteiger partial charge in [0.05, 0.1) is 0 Å². The van der Waals surface area contributed by atoms with Crippen molar-refractivity contribution in [3.63, 3.8) is 0 Å². The molecule has 0 amide bonds. The van der Waals surface area contributed by atoms with Crippen molar-refractivity contribution in [2.75, 3.05) is 7.05 Å². The summed E-state index contributed by atoms with van der Waals surface area (Å²) in [5.41, 5.74) is 7.02. The average molecular weight is 226 g/mol. The van der Waals surface area contributed by atoms with E-state index in [0.29, 0.717) is 17.5 Å². The molecule has 1 aliphatic carbocycles. The Morgan fingerprint density at radius 1 is 1.38 bits per heavy atom. The van der Waals surface area contributed by atoms with Crippen LogP contribution in [0.2, 0.25) is 0 Å².